The molecule has 128 valence electrons. The van der Waals surface area contributed by atoms with E-state index in [-0.39, 0.29) is 16.8 Å². The van der Waals surface area contributed by atoms with Crippen molar-refractivity contribution in [3.8, 4) is 11.3 Å². The highest BCUT2D eigenvalue weighted by molar-refractivity contribution is 6.08. The van der Waals surface area contributed by atoms with Crippen molar-refractivity contribution in [2.45, 2.75) is 13.8 Å². The number of aryl methyl sites for hydroxylation is 3. The van der Waals surface area contributed by atoms with Gasteiger partial charge in [0, 0.05) is 30.6 Å². The van der Waals surface area contributed by atoms with E-state index in [0.29, 0.717) is 5.69 Å². The van der Waals surface area contributed by atoms with Crippen LogP contribution in [0.4, 0.5) is 14.5 Å². The van der Waals surface area contributed by atoms with Crippen molar-refractivity contribution in [3.05, 3.63) is 70.9 Å². The van der Waals surface area contributed by atoms with E-state index in [1.165, 1.54) is 16.9 Å². The maximum atomic E-state index is 14.1. The molecule has 2 aromatic carbocycles. The number of carbonyl (C=O) groups is 1. The Kier molecular flexibility index (Phi) is 4.35. The maximum absolute atomic E-state index is 14.1. The van der Waals surface area contributed by atoms with Gasteiger partial charge in [-0.25, -0.2) is 8.78 Å². The molecule has 4 nitrogen and oxygen atoms in total. The summed E-state index contributed by atoms with van der Waals surface area (Å²) >= 11 is 0. The van der Waals surface area contributed by atoms with Crippen LogP contribution in [-0.4, -0.2) is 15.7 Å². The Morgan fingerprint density at radius 2 is 1.76 bits per heavy atom. The van der Waals surface area contributed by atoms with Gasteiger partial charge in [0.2, 0.25) is 0 Å². The van der Waals surface area contributed by atoms with Gasteiger partial charge < -0.3 is 5.32 Å². The summed E-state index contributed by atoms with van der Waals surface area (Å²) in [6.45, 7) is 3.87. The second-order valence-corrected chi connectivity index (χ2v) is 6.02. The first-order valence-corrected chi connectivity index (χ1v) is 7.72. The highest BCUT2D eigenvalue weighted by Crippen LogP contribution is 2.26. The molecule has 1 amide bonds. The first-order valence-electron chi connectivity index (χ1n) is 7.72. The molecule has 3 rings (SSSR count). The van der Waals surface area contributed by atoms with Gasteiger partial charge in [0.05, 0.1) is 5.56 Å². The molecule has 0 saturated heterocycles. The number of carbonyl (C=O) groups excluding carboxylic acids is 1. The number of hydrogen-bond acceptors (Lipinski definition) is 2. The van der Waals surface area contributed by atoms with E-state index in [0.717, 1.165) is 23.3 Å². The van der Waals surface area contributed by atoms with Gasteiger partial charge in [0.25, 0.3) is 5.91 Å². The van der Waals surface area contributed by atoms with E-state index in [1.54, 1.807) is 7.05 Å². The van der Waals surface area contributed by atoms with E-state index < -0.39 is 17.5 Å². The molecule has 1 aromatic heterocycles. The van der Waals surface area contributed by atoms with Gasteiger partial charge in [-0.1, -0.05) is 6.07 Å². The minimum Gasteiger partial charge on any atom is -0.322 e. The lowest BCUT2D eigenvalue weighted by Crippen LogP contribution is -2.12. The predicted molar refractivity (Wildman–Crippen MR) is 92.4 cm³/mol. The molecule has 0 bridgehead atoms. The Balaban J connectivity index is 1.98. The molecular weight excluding hydrogens is 324 g/mol. The van der Waals surface area contributed by atoms with Crippen LogP contribution in [-0.2, 0) is 7.05 Å². The van der Waals surface area contributed by atoms with Gasteiger partial charge >= 0.3 is 0 Å². The van der Waals surface area contributed by atoms with Crippen molar-refractivity contribution in [3.63, 3.8) is 0 Å². The summed E-state index contributed by atoms with van der Waals surface area (Å²) < 4.78 is 28.7. The molecule has 0 unspecified atom stereocenters. The van der Waals surface area contributed by atoms with E-state index >= 15 is 0 Å². The molecule has 0 saturated carbocycles. The molecule has 0 radical (unpaired) electrons. The monoisotopic (exact) mass is 341 g/mol. The fourth-order valence-electron chi connectivity index (χ4n) is 2.78. The largest absolute Gasteiger partial charge is 0.322 e. The van der Waals surface area contributed by atoms with Crippen molar-refractivity contribution in [2.75, 3.05) is 5.32 Å². The van der Waals surface area contributed by atoms with E-state index in [4.69, 9.17) is 0 Å². The zero-order valence-corrected chi connectivity index (χ0v) is 14.1. The van der Waals surface area contributed by atoms with Crippen LogP contribution in [0.2, 0.25) is 0 Å². The minimum atomic E-state index is -0.765. The molecule has 1 N–H and O–H groups in total. The molecule has 0 atom stereocenters. The number of aromatic nitrogens is 2. The van der Waals surface area contributed by atoms with Crippen molar-refractivity contribution in [1.29, 1.82) is 0 Å². The van der Waals surface area contributed by atoms with Crippen LogP contribution in [0.15, 0.2) is 42.6 Å². The fourth-order valence-corrected chi connectivity index (χ4v) is 2.78. The second kappa shape index (κ2) is 6.47. The Labute approximate surface area is 144 Å². The van der Waals surface area contributed by atoms with Crippen molar-refractivity contribution in [2.24, 2.45) is 7.05 Å². The average Bonchev–Trinajstić information content (AvgIpc) is 2.88. The van der Waals surface area contributed by atoms with Crippen LogP contribution in [0.25, 0.3) is 11.3 Å². The van der Waals surface area contributed by atoms with Crippen molar-refractivity contribution >= 4 is 11.6 Å². The fraction of sp³-hybridized carbons (Fsp3) is 0.158. The standard InChI is InChI=1S/C19H17F2N3O/c1-11-6-12(2)8-14(7-11)22-19(25)16-10-24(3)23-18(16)15-5-4-13(20)9-17(15)21/h4-10H,1-3H3,(H,22,25). The third kappa shape index (κ3) is 3.57. The third-order valence-corrected chi connectivity index (χ3v) is 3.74. The molecule has 0 fully saturated rings. The first kappa shape index (κ1) is 16.8. The number of amides is 1. The summed E-state index contributed by atoms with van der Waals surface area (Å²) in [6.07, 6.45) is 1.51. The van der Waals surface area contributed by atoms with Crippen molar-refractivity contribution in [1.82, 2.24) is 9.78 Å². The van der Waals surface area contributed by atoms with Crippen LogP contribution in [0, 0.1) is 25.5 Å². The number of anilines is 1. The molecule has 25 heavy (non-hydrogen) atoms. The van der Waals surface area contributed by atoms with Gasteiger partial charge in [-0.2, -0.15) is 5.10 Å². The molecule has 0 aliphatic rings. The topological polar surface area (TPSA) is 46.9 Å². The molecule has 3 aromatic rings. The minimum absolute atomic E-state index is 0.0765. The van der Waals surface area contributed by atoms with Crippen molar-refractivity contribution < 1.29 is 13.6 Å². The number of nitrogens with one attached hydrogen (secondary N) is 1. The van der Waals surface area contributed by atoms with E-state index in [2.05, 4.69) is 10.4 Å². The maximum Gasteiger partial charge on any atom is 0.259 e. The molecular formula is C19H17F2N3O. The third-order valence-electron chi connectivity index (χ3n) is 3.74. The van der Waals surface area contributed by atoms with E-state index in [1.807, 2.05) is 32.0 Å². The van der Waals surface area contributed by atoms with Gasteiger partial charge in [-0.15, -0.1) is 0 Å². The highest BCUT2D eigenvalue weighted by atomic mass is 19.1. The number of hydrogen-bond donors (Lipinski definition) is 1. The smallest absolute Gasteiger partial charge is 0.259 e. The summed E-state index contributed by atoms with van der Waals surface area (Å²) in [5.74, 6) is -1.85. The zero-order chi connectivity index (χ0) is 18.1. The van der Waals surface area contributed by atoms with Gasteiger partial charge in [-0.3, -0.25) is 9.48 Å². The van der Waals surface area contributed by atoms with Crippen LogP contribution >= 0.6 is 0 Å². The Bertz CT molecular complexity index is 943. The Morgan fingerprint density at radius 1 is 1.08 bits per heavy atom. The van der Waals surface area contributed by atoms with E-state index in [9.17, 15) is 13.6 Å². The van der Waals surface area contributed by atoms with Gasteiger partial charge in [0.15, 0.2) is 0 Å². The SMILES string of the molecule is Cc1cc(C)cc(NC(=O)c2cn(C)nc2-c2ccc(F)cc2F)c1. The number of rotatable bonds is 3. The quantitative estimate of drug-likeness (QED) is 0.775. The summed E-state index contributed by atoms with van der Waals surface area (Å²) in [4.78, 5) is 12.7. The van der Waals surface area contributed by atoms with Crippen LogP contribution < -0.4 is 5.32 Å². The Hall–Kier alpha value is -3.02. The average molecular weight is 341 g/mol. The van der Waals surface area contributed by atoms with Crippen LogP contribution in [0.1, 0.15) is 21.5 Å². The summed E-state index contributed by atoms with van der Waals surface area (Å²) in [5, 5.41) is 6.97. The lowest BCUT2D eigenvalue weighted by atomic mass is 10.1. The summed E-state index contributed by atoms with van der Waals surface area (Å²) in [6, 6.07) is 8.88. The number of nitrogens with zero attached hydrogens (tertiary/aromatic N) is 2. The summed E-state index contributed by atoms with van der Waals surface area (Å²) in [7, 11) is 1.64. The molecule has 0 aliphatic heterocycles. The highest BCUT2D eigenvalue weighted by Gasteiger charge is 2.20. The molecule has 0 spiro atoms. The zero-order valence-electron chi connectivity index (χ0n) is 14.1. The first-order chi connectivity index (χ1) is 11.8. The van der Waals surface area contributed by atoms with Gasteiger partial charge in [0.1, 0.15) is 17.3 Å². The molecule has 1 heterocycles. The lowest BCUT2D eigenvalue weighted by molar-refractivity contribution is 0.102. The number of halogens is 2. The van der Waals surface area contributed by atoms with Gasteiger partial charge in [-0.05, 0) is 49.2 Å². The Morgan fingerprint density at radius 3 is 2.40 bits per heavy atom. The molecule has 0 aliphatic carbocycles. The van der Waals surface area contributed by atoms with Crippen LogP contribution in [0.5, 0.6) is 0 Å². The second-order valence-electron chi connectivity index (χ2n) is 6.02. The molecule has 6 heteroatoms. The number of benzene rings is 2. The normalized spacial score (nSPS) is 10.8. The van der Waals surface area contributed by atoms with Crippen LogP contribution in [0.3, 0.4) is 0 Å². The predicted octanol–water partition coefficient (Wildman–Crippen LogP) is 4.23. The summed E-state index contributed by atoms with van der Waals surface area (Å²) in [5.41, 5.74) is 3.15. The lowest BCUT2D eigenvalue weighted by Gasteiger charge is -2.08.